The molecule has 0 amide bonds. The topological polar surface area (TPSA) is 83.6 Å². The molecule has 6 nitrogen and oxygen atoms in total. The summed E-state index contributed by atoms with van der Waals surface area (Å²) in [6.07, 6.45) is 0.327. The first-order chi connectivity index (χ1) is 9.83. The molecule has 0 fully saturated rings. The van der Waals surface area contributed by atoms with Crippen molar-refractivity contribution in [3.63, 3.8) is 0 Å². The number of nitrogens with one attached hydrogen (secondary N) is 1. The van der Waals surface area contributed by atoms with Gasteiger partial charge in [-0.25, -0.2) is 25.9 Å². The fourth-order valence-electron chi connectivity index (χ4n) is 1.81. The number of hydrogen-bond donors (Lipinski definition) is 1. The van der Waals surface area contributed by atoms with Crippen molar-refractivity contribution in [2.45, 2.75) is 37.6 Å². The van der Waals surface area contributed by atoms with Crippen LogP contribution in [-0.4, -0.2) is 46.5 Å². The Bertz CT molecular complexity index is 700. The van der Waals surface area contributed by atoms with E-state index < -0.39 is 25.6 Å². The lowest BCUT2D eigenvalue weighted by Crippen LogP contribution is -2.42. The second kappa shape index (κ2) is 6.66. The molecule has 0 bridgehead atoms. The number of rotatable bonds is 6. The van der Waals surface area contributed by atoms with Gasteiger partial charge in [-0.15, -0.1) is 0 Å². The molecule has 1 aromatic rings. The molecule has 0 aliphatic heterocycles. The lowest BCUT2D eigenvalue weighted by Gasteiger charge is -2.20. The van der Waals surface area contributed by atoms with Crippen molar-refractivity contribution in [2.24, 2.45) is 0 Å². The standard InChI is InChI=1S/C14H24N2O4S2/c1-14(2,3)15-21(17,18)11-10-12-6-8-13(9-7-12)22(19,20)16(4)5/h6-9,15H,10-11H2,1-5H3. The van der Waals surface area contributed by atoms with E-state index in [2.05, 4.69) is 4.72 Å². The zero-order valence-corrected chi connectivity index (χ0v) is 15.3. The summed E-state index contributed by atoms with van der Waals surface area (Å²) in [5.41, 5.74) is 0.264. The van der Waals surface area contributed by atoms with E-state index in [0.717, 1.165) is 9.87 Å². The summed E-state index contributed by atoms with van der Waals surface area (Å²) < 4.78 is 51.4. The smallest absolute Gasteiger partial charge is 0.212 e. The highest BCUT2D eigenvalue weighted by Crippen LogP contribution is 2.14. The van der Waals surface area contributed by atoms with Crippen molar-refractivity contribution in [3.05, 3.63) is 29.8 Å². The molecule has 0 saturated heterocycles. The van der Waals surface area contributed by atoms with E-state index in [1.165, 1.54) is 26.2 Å². The first kappa shape index (κ1) is 19.1. The van der Waals surface area contributed by atoms with Gasteiger partial charge in [0.15, 0.2) is 0 Å². The van der Waals surface area contributed by atoms with Gasteiger partial charge in [0.05, 0.1) is 10.6 Å². The van der Waals surface area contributed by atoms with Crippen LogP contribution in [0, 0.1) is 0 Å². The van der Waals surface area contributed by atoms with Gasteiger partial charge in [0.25, 0.3) is 0 Å². The van der Waals surface area contributed by atoms with Crippen LogP contribution in [0.4, 0.5) is 0 Å². The molecule has 0 aliphatic rings. The van der Waals surface area contributed by atoms with Gasteiger partial charge in [0, 0.05) is 19.6 Å². The Hall–Kier alpha value is -0.960. The largest absolute Gasteiger partial charge is 0.242 e. The molecule has 126 valence electrons. The second-order valence-electron chi connectivity index (χ2n) is 6.35. The molecule has 1 rings (SSSR count). The van der Waals surface area contributed by atoms with Crippen LogP contribution < -0.4 is 4.72 Å². The summed E-state index contributed by atoms with van der Waals surface area (Å²) >= 11 is 0. The van der Waals surface area contributed by atoms with Crippen LogP contribution in [-0.2, 0) is 26.5 Å². The summed E-state index contributed by atoms with van der Waals surface area (Å²) in [6, 6.07) is 6.27. The quantitative estimate of drug-likeness (QED) is 0.837. The third-order valence-electron chi connectivity index (χ3n) is 2.82. The number of hydrogen-bond acceptors (Lipinski definition) is 4. The van der Waals surface area contributed by atoms with Crippen molar-refractivity contribution in [1.82, 2.24) is 9.03 Å². The van der Waals surface area contributed by atoms with E-state index in [1.807, 2.05) is 0 Å². The SMILES string of the molecule is CN(C)S(=O)(=O)c1ccc(CCS(=O)(=O)NC(C)(C)C)cc1. The highest BCUT2D eigenvalue weighted by atomic mass is 32.2. The molecule has 0 atom stereocenters. The summed E-state index contributed by atoms with van der Waals surface area (Å²) in [5, 5.41) is 0. The Morgan fingerprint density at radius 2 is 1.50 bits per heavy atom. The minimum atomic E-state index is -3.46. The molecule has 0 radical (unpaired) electrons. The van der Waals surface area contributed by atoms with E-state index >= 15 is 0 Å². The van der Waals surface area contributed by atoms with Gasteiger partial charge in [-0.3, -0.25) is 0 Å². The molecule has 0 heterocycles. The highest BCUT2D eigenvalue weighted by molar-refractivity contribution is 7.89. The van der Waals surface area contributed by atoms with Crippen molar-refractivity contribution in [3.8, 4) is 0 Å². The maximum Gasteiger partial charge on any atom is 0.242 e. The lowest BCUT2D eigenvalue weighted by atomic mass is 10.1. The van der Waals surface area contributed by atoms with Crippen LogP contribution in [0.3, 0.4) is 0 Å². The molecule has 0 spiro atoms. The van der Waals surface area contributed by atoms with E-state index in [4.69, 9.17) is 0 Å². The van der Waals surface area contributed by atoms with E-state index in [9.17, 15) is 16.8 Å². The summed E-state index contributed by atoms with van der Waals surface area (Å²) in [7, 11) is -3.89. The van der Waals surface area contributed by atoms with Crippen LogP contribution in [0.15, 0.2) is 29.2 Å². The van der Waals surface area contributed by atoms with Crippen molar-refractivity contribution in [1.29, 1.82) is 0 Å². The Balaban J connectivity index is 2.78. The number of benzene rings is 1. The molecule has 8 heteroatoms. The zero-order valence-electron chi connectivity index (χ0n) is 13.6. The predicted molar refractivity (Wildman–Crippen MR) is 87.7 cm³/mol. The monoisotopic (exact) mass is 348 g/mol. The van der Waals surface area contributed by atoms with Crippen LogP contribution in [0.25, 0.3) is 0 Å². The van der Waals surface area contributed by atoms with Gasteiger partial charge in [-0.1, -0.05) is 12.1 Å². The molecule has 0 unspecified atom stereocenters. The number of aryl methyl sites for hydroxylation is 1. The van der Waals surface area contributed by atoms with E-state index in [-0.39, 0.29) is 10.6 Å². The molecule has 0 saturated carbocycles. The first-order valence-corrected chi connectivity index (χ1v) is 9.96. The van der Waals surface area contributed by atoms with Gasteiger partial charge < -0.3 is 0 Å². The first-order valence-electron chi connectivity index (χ1n) is 6.87. The Morgan fingerprint density at radius 1 is 1.00 bits per heavy atom. The van der Waals surface area contributed by atoms with Crippen molar-refractivity contribution >= 4 is 20.0 Å². The summed E-state index contributed by atoms with van der Waals surface area (Å²) in [6.45, 7) is 5.35. The second-order valence-corrected chi connectivity index (χ2v) is 10.3. The average Bonchev–Trinajstić information content (AvgIpc) is 2.34. The molecule has 22 heavy (non-hydrogen) atoms. The predicted octanol–water partition coefficient (Wildman–Crippen LogP) is 1.20. The average molecular weight is 348 g/mol. The van der Waals surface area contributed by atoms with Crippen LogP contribution >= 0.6 is 0 Å². The Morgan fingerprint density at radius 3 is 1.91 bits per heavy atom. The fraction of sp³-hybridized carbons (Fsp3) is 0.571. The third-order valence-corrected chi connectivity index (χ3v) is 6.32. The van der Waals surface area contributed by atoms with Crippen LogP contribution in [0.2, 0.25) is 0 Å². The van der Waals surface area contributed by atoms with E-state index in [0.29, 0.717) is 6.42 Å². The van der Waals surface area contributed by atoms with Gasteiger partial charge in [-0.2, -0.15) is 0 Å². The summed E-state index contributed by atoms with van der Waals surface area (Å²) in [4.78, 5) is 0.192. The zero-order chi connectivity index (χ0) is 17.2. The van der Waals surface area contributed by atoms with Crippen LogP contribution in [0.5, 0.6) is 0 Å². The summed E-state index contributed by atoms with van der Waals surface area (Å²) in [5.74, 6) is -0.0377. The van der Waals surface area contributed by atoms with Crippen LogP contribution in [0.1, 0.15) is 26.3 Å². The molecule has 1 aromatic carbocycles. The van der Waals surface area contributed by atoms with Gasteiger partial charge in [0.1, 0.15) is 0 Å². The molecular weight excluding hydrogens is 324 g/mol. The fourth-order valence-corrected chi connectivity index (χ4v) is 4.25. The Kier molecular flexibility index (Phi) is 5.77. The minimum absolute atomic E-state index is 0.0377. The minimum Gasteiger partial charge on any atom is -0.212 e. The molecule has 0 aromatic heterocycles. The normalized spacial score (nSPS) is 13.5. The number of nitrogens with zero attached hydrogens (tertiary/aromatic N) is 1. The lowest BCUT2D eigenvalue weighted by molar-refractivity contribution is 0.491. The number of sulfonamides is 2. The van der Waals surface area contributed by atoms with Crippen molar-refractivity contribution in [2.75, 3.05) is 19.8 Å². The third kappa shape index (κ3) is 5.68. The molecule has 0 aliphatic carbocycles. The van der Waals surface area contributed by atoms with Gasteiger partial charge >= 0.3 is 0 Å². The van der Waals surface area contributed by atoms with E-state index in [1.54, 1.807) is 32.9 Å². The maximum absolute atomic E-state index is 11.9. The maximum atomic E-state index is 11.9. The van der Waals surface area contributed by atoms with Crippen molar-refractivity contribution < 1.29 is 16.8 Å². The highest BCUT2D eigenvalue weighted by Gasteiger charge is 2.20. The van der Waals surface area contributed by atoms with Gasteiger partial charge in [0.2, 0.25) is 20.0 Å². The molecule has 1 N–H and O–H groups in total. The van der Waals surface area contributed by atoms with Gasteiger partial charge in [-0.05, 0) is 44.9 Å². The molecular formula is C14H24N2O4S2. The Labute approximate surface area is 133 Å².